The number of imidazole rings is 1. The van der Waals surface area contributed by atoms with Gasteiger partial charge in [-0.15, -0.1) is 0 Å². The molecule has 1 aliphatic rings. The second kappa shape index (κ2) is 5.19. The average Bonchev–Trinajstić information content (AvgIpc) is 2.88. The van der Waals surface area contributed by atoms with Crippen LogP contribution in [-0.4, -0.2) is 9.55 Å². The van der Waals surface area contributed by atoms with Gasteiger partial charge >= 0.3 is 0 Å². The van der Waals surface area contributed by atoms with Crippen molar-refractivity contribution in [3.63, 3.8) is 0 Å². The molecule has 4 heteroatoms. The number of halogens is 1. The van der Waals surface area contributed by atoms with Gasteiger partial charge in [-0.1, -0.05) is 36.0 Å². The van der Waals surface area contributed by atoms with Crippen molar-refractivity contribution in [2.75, 3.05) is 0 Å². The molecule has 1 aliphatic heterocycles. The topological polar surface area (TPSA) is 17.8 Å². The van der Waals surface area contributed by atoms with Gasteiger partial charge in [0.25, 0.3) is 0 Å². The van der Waals surface area contributed by atoms with Gasteiger partial charge in [0.2, 0.25) is 0 Å². The standard InChI is InChI=1S/C17H15FN2S/c18-14-8-6-12(7-9-14)11-21-17-19-15-5-1-3-13-4-2-10-20(17)16(13)15/h1,3,5-9H,2,4,10-11H2. The molecule has 3 aromatic rings. The monoisotopic (exact) mass is 298 g/mol. The van der Waals surface area contributed by atoms with E-state index < -0.39 is 0 Å². The Morgan fingerprint density at radius 1 is 1.14 bits per heavy atom. The summed E-state index contributed by atoms with van der Waals surface area (Å²) in [7, 11) is 0. The molecule has 2 aromatic carbocycles. The van der Waals surface area contributed by atoms with Crippen LogP contribution in [0.25, 0.3) is 11.0 Å². The van der Waals surface area contributed by atoms with E-state index in [2.05, 4.69) is 22.8 Å². The van der Waals surface area contributed by atoms with Crippen LogP contribution >= 0.6 is 11.8 Å². The van der Waals surface area contributed by atoms with E-state index in [4.69, 9.17) is 4.98 Å². The zero-order chi connectivity index (χ0) is 14.2. The molecule has 0 radical (unpaired) electrons. The molecule has 2 nitrogen and oxygen atoms in total. The highest BCUT2D eigenvalue weighted by Gasteiger charge is 2.17. The van der Waals surface area contributed by atoms with E-state index >= 15 is 0 Å². The molecule has 0 saturated carbocycles. The number of aromatic nitrogens is 2. The molecule has 0 atom stereocenters. The van der Waals surface area contributed by atoms with E-state index in [1.165, 1.54) is 29.6 Å². The summed E-state index contributed by atoms with van der Waals surface area (Å²) >= 11 is 1.73. The van der Waals surface area contributed by atoms with E-state index in [0.29, 0.717) is 0 Å². The number of hydrogen-bond donors (Lipinski definition) is 0. The lowest BCUT2D eigenvalue weighted by atomic mass is 10.1. The fourth-order valence-electron chi connectivity index (χ4n) is 2.91. The lowest BCUT2D eigenvalue weighted by molar-refractivity contribution is 0.588. The number of para-hydroxylation sites is 1. The Morgan fingerprint density at radius 2 is 2.00 bits per heavy atom. The van der Waals surface area contributed by atoms with Gasteiger partial charge < -0.3 is 4.57 Å². The summed E-state index contributed by atoms with van der Waals surface area (Å²) in [6.45, 7) is 1.04. The van der Waals surface area contributed by atoms with Crippen LogP contribution in [0, 0.1) is 5.82 Å². The first-order chi connectivity index (χ1) is 10.3. The third kappa shape index (κ3) is 2.33. The van der Waals surface area contributed by atoms with E-state index in [-0.39, 0.29) is 5.82 Å². The van der Waals surface area contributed by atoms with Crippen molar-refractivity contribution in [1.82, 2.24) is 9.55 Å². The van der Waals surface area contributed by atoms with Crippen molar-refractivity contribution in [3.8, 4) is 0 Å². The highest BCUT2D eigenvalue weighted by Crippen LogP contribution is 2.32. The fraction of sp³-hybridized carbons (Fsp3) is 0.235. The summed E-state index contributed by atoms with van der Waals surface area (Å²) in [5.74, 6) is 0.633. The minimum atomic E-state index is -0.185. The summed E-state index contributed by atoms with van der Waals surface area (Å²) in [5.41, 5.74) is 4.91. The lowest BCUT2D eigenvalue weighted by Crippen LogP contribution is -2.08. The molecule has 0 spiro atoms. The van der Waals surface area contributed by atoms with E-state index in [0.717, 1.165) is 35.0 Å². The molecule has 106 valence electrons. The quantitative estimate of drug-likeness (QED) is 0.666. The summed E-state index contributed by atoms with van der Waals surface area (Å²) in [6, 6.07) is 13.1. The van der Waals surface area contributed by atoms with Gasteiger partial charge in [-0.3, -0.25) is 0 Å². The van der Waals surface area contributed by atoms with Crippen LogP contribution in [0.3, 0.4) is 0 Å². The lowest BCUT2D eigenvalue weighted by Gasteiger charge is -2.16. The van der Waals surface area contributed by atoms with E-state index in [9.17, 15) is 4.39 Å². The molecule has 0 fully saturated rings. The predicted molar refractivity (Wildman–Crippen MR) is 84.0 cm³/mol. The Hall–Kier alpha value is -1.81. The molecule has 0 N–H and O–H groups in total. The maximum absolute atomic E-state index is 12.9. The van der Waals surface area contributed by atoms with Crippen molar-refractivity contribution in [2.24, 2.45) is 0 Å². The van der Waals surface area contributed by atoms with Gasteiger partial charge in [0.1, 0.15) is 5.82 Å². The maximum Gasteiger partial charge on any atom is 0.169 e. The molecule has 0 saturated heterocycles. The van der Waals surface area contributed by atoms with E-state index in [1.807, 2.05) is 12.1 Å². The van der Waals surface area contributed by atoms with Gasteiger partial charge in [0, 0.05) is 12.3 Å². The maximum atomic E-state index is 12.9. The number of thioether (sulfide) groups is 1. The molecule has 0 bridgehead atoms. The molecule has 21 heavy (non-hydrogen) atoms. The summed E-state index contributed by atoms with van der Waals surface area (Å²) < 4.78 is 15.3. The zero-order valence-corrected chi connectivity index (χ0v) is 12.4. The Balaban J connectivity index is 1.65. The van der Waals surface area contributed by atoms with Crippen LogP contribution < -0.4 is 0 Å². The highest BCUT2D eigenvalue weighted by atomic mass is 32.2. The van der Waals surface area contributed by atoms with Crippen LogP contribution in [0.15, 0.2) is 47.6 Å². The average molecular weight is 298 g/mol. The molecule has 0 aliphatic carbocycles. The largest absolute Gasteiger partial charge is 0.319 e. The Kier molecular flexibility index (Phi) is 3.19. The zero-order valence-electron chi connectivity index (χ0n) is 11.6. The summed E-state index contributed by atoms with van der Waals surface area (Å²) in [5, 5.41) is 1.07. The SMILES string of the molecule is Fc1ccc(CSc2nc3cccc4c3n2CCC4)cc1. The Morgan fingerprint density at radius 3 is 2.86 bits per heavy atom. The van der Waals surface area contributed by atoms with Crippen LogP contribution in [-0.2, 0) is 18.7 Å². The number of rotatable bonds is 3. The van der Waals surface area contributed by atoms with Crippen molar-refractivity contribution < 1.29 is 4.39 Å². The van der Waals surface area contributed by atoms with Crippen molar-refractivity contribution in [3.05, 3.63) is 59.4 Å². The predicted octanol–water partition coefficient (Wildman–Crippen LogP) is 4.41. The first-order valence-electron chi connectivity index (χ1n) is 7.16. The summed E-state index contributed by atoms with van der Waals surface area (Å²) in [6.07, 6.45) is 2.32. The number of benzene rings is 2. The first kappa shape index (κ1) is 12.9. The second-order valence-electron chi connectivity index (χ2n) is 5.35. The van der Waals surface area contributed by atoms with Crippen LogP contribution in [0.5, 0.6) is 0 Å². The Bertz CT molecular complexity index is 792. The smallest absolute Gasteiger partial charge is 0.169 e. The normalized spacial score (nSPS) is 13.8. The van der Waals surface area contributed by atoms with Gasteiger partial charge in [-0.05, 0) is 42.2 Å². The van der Waals surface area contributed by atoms with Gasteiger partial charge in [-0.25, -0.2) is 9.37 Å². The molecule has 0 amide bonds. The molecule has 4 rings (SSSR count). The molecule has 1 aromatic heterocycles. The molecular formula is C17H15FN2S. The fourth-order valence-corrected chi connectivity index (χ4v) is 3.90. The summed E-state index contributed by atoms with van der Waals surface area (Å²) in [4.78, 5) is 4.77. The second-order valence-corrected chi connectivity index (χ2v) is 6.29. The molecular weight excluding hydrogens is 283 g/mol. The van der Waals surface area contributed by atoms with E-state index in [1.54, 1.807) is 11.8 Å². The third-order valence-corrected chi connectivity index (χ3v) is 4.97. The molecule has 0 unspecified atom stereocenters. The number of aryl methyl sites for hydroxylation is 2. The first-order valence-corrected chi connectivity index (χ1v) is 8.15. The number of nitrogens with zero attached hydrogens (tertiary/aromatic N) is 2. The highest BCUT2D eigenvalue weighted by molar-refractivity contribution is 7.98. The van der Waals surface area contributed by atoms with Crippen molar-refractivity contribution in [2.45, 2.75) is 30.3 Å². The van der Waals surface area contributed by atoms with Crippen LogP contribution in [0.4, 0.5) is 4.39 Å². The molecule has 2 heterocycles. The van der Waals surface area contributed by atoms with Crippen molar-refractivity contribution >= 4 is 22.8 Å². The van der Waals surface area contributed by atoms with Crippen LogP contribution in [0.2, 0.25) is 0 Å². The third-order valence-electron chi connectivity index (χ3n) is 3.92. The van der Waals surface area contributed by atoms with Crippen LogP contribution in [0.1, 0.15) is 17.5 Å². The van der Waals surface area contributed by atoms with Crippen molar-refractivity contribution in [1.29, 1.82) is 0 Å². The Labute approximate surface area is 127 Å². The van der Waals surface area contributed by atoms with Gasteiger partial charge in [0.05, 0.1) is 11.0 Å². The minimum Gasteiger partial charge on any atom is -0.319 e. The van der Waals surface area contributed by atoms with Gasteiger partial charge in [0.15, 0.2) is 5.16 Å². The van der Waals surface area contributed by atoms with Gasteiger partial charge in [-0.2, -0.15) is 0 Å². The minimum absolute atomic E-state index is 0.185. The number of hydrogen-bond acceptors (Lipinski definition) is 2.